The molecule has 0 amide bonds. The van der Waals surface area contributed by atoms with E-state index >= 15 is 0 Å². The summed E-state index contributed by atoms with van der Waals surface area (Å²) in [5.74, 6) is 0. The van der Waals surface area contributed by atoms with Crippen LogP contribution in [-0.4, -0.2) is 14.5 Å². The lowest BCUT2D eigenvalue weighted by Gasteiger charge is -2.03. The maximum Gasteiger partial charge on any atom is 0.307 e. The molecule has 7 aromatic rings. The lowest BCUT2D eigenvalue weighted by atomic mass is 10.1. The van der Waals surface area contributed by atoms with Crippen LogP contribution in [0.1, 0.15) is 5.56 Å². The van der Waals surface area contributed by atoms with Crippen molar-refractivity contribution < 1.29 is 4.42 Å². The number of para-hydroxylation sites is 3. The highest BCUT2D eigenvalue weighted by Gasteiger charge is 2.20. The predicted octanol–water partition coefficient (Wildman–Crippen LogP) is 6.87. The zero-order valence-electron chi connectivity index (χ0n) is 16.3. The number of benzene rings is 4. The van der Waals surface area contributed by atoms with Crippen molar-refractivity contribution in [3.8, 4) is 6.01 Å². The number of hydrogen-bond acceptors (Lipinski definition) is 2. The molecule has 142 valence electrons. The zero-order chi connectivity index (χ0) is 19.8. The van der Waals surface area contributed by atoms with Crippen molar-refractivity contribution in [3.05, 3.63) is 84.4 Å². The van der Waals surface area contributed by atoms with E-state index in [1.54, 1.807) is 0 Å². The topological polar surface area (TPSA) is 46.8 Å². The standard InChI is InChI=1S/C26H17N3O/c1-15-7-6-11-21-25(15)30-26(28-21)29-22-12-5-3-9-17(22)19-14-13-18-16-8-2-4-10-20(16)27-23(18)24(19)29/h2-14,27H,1H3. The highest BCUT2D eigenvalue weighted by atomic mass is 16.4. The van der Waals surface area contributed by atoms with Gasteiger partial charge in [0.25, 0.3) is 0 Å². The van der Waals surface area contributed by atoms with Crippen LogP contribution in [0.3, 0.4) is 0 Å². The average molecular weight is 387 g/mol. The summed E-state index contributed by atoms with van der Waals surface area (Å²) in [5.41, 5.74) is 7.20. The molecular weight excluding hydrogens is 370 g/mol. The second-order valence-electron chi connectivity index (χ2n) is 7.83. The molecule has 0 radical (unpaired) electrons. The van der Waals surface area contributed by atoms with E-state index in [2.05, 4.69) is 83.2 Å². The van der Waals surface area contributed by atoms with Gasteiger partial charge in [-0.15, -0.1) is 0 Å². The van der Waals surface area contributed by atoms with Crippen LogP contribution in [0.2, 0.25) is 0 Å². The number of nitrogens with one attached hydrogen (secondary N) is 1. The summed E-state index contributed by atoms with van der Waals surface area (Å²) in [6, 6.07) is 28.0. The first kappa shape index (κ1) is 15.8. The van der Waals surface area contributed by atoms with Crippen molar-refractivity contribution >= 4 is 54.7 Å². The number of aryl methyl sites for hydroxylation is 1. The molecule has 0 atom stereocenters. The molecule has 4 nitrogen and oxygen atoms in total. The number of H-pyrrole nitrogens is 1. The Balaban J connectivity index is 1.73. The van der Waals surface area contributed by atoms with Crippen molar-refractivity contribution in [3.63, 3.8) is 0 Å². The number of oxazole rings is 1. The Labute approximate surface area is 171 Å². The quantitative estimate of drug-likeness (QED) is 0.334. The van der Waals surface area contributed by atoms with Gasteiger partial charge in [-0.1, -0.05) is 60.7 Å². The lowest BCUT2D eigenvalue weighted by Crippen LogP contribution is -1.94. The fourth-order valence-corrected chi connectivity index (χ4v) is 4.74. The third-order valence-electron chi connectivity index (χ3n) is 6.11. The van der Waals surface area contributed by atoms with E-state index in [-0.39, 0.29) is 0 Å². The van der Waals surface area contributed by atoms with E-state index in [1.165, 1.54) is 21.5 Å². The minimum atomic E-state index is 0.594. The van der Waals surface area contributed by atoms with Crippen molar-refractivity contribution in [1.29, 1.82) is 0 Å². The summed E-state index contributed by atoms with van der Waals surface area (Å²) in [5, 5.41) is 4.80. The highest BCUT2D eigenvalue weighted by molar-refractivity contribution is 6.22. The summed E-state index contributed by atoms with van der Waals surface area (Å²) in [6.07, 6.45) is 0. The van der Waals surface area contributed by atoms with Gasteiger partial charge in [0.05, 0.1) is 16.6 Å². The van der Waals surface area contributed by atoms with E-state index in [0.717, 1.165) is 38.7 Å². The second-order valence-corrected chi connectivity index (χ2v) is 7.83. The van der Waals surface area contributed by atoms with Crippen LogP contribution in [0.5, 0.6) is 0 Å². The largest absolute Gasteiger partial charge is 0.423 e. The average Bonchev–Trinajstić information content (AvgIpc) is 3.45. The van der Waals surface area contributed by atoms with Gasteiger partial charge in [0, 0.05) is 27.1 Å². The predicted molar refractivity (Wildman–Crippen MR) is 122 cm³/mol. The summed E-state index contributed by atoms with van der Waals surface area (Å²) in [4.78, 5) is 8.51. The molecule has 0 saturated carbocycles. The van der Waals surface area contributed by atoms with Crippen LogP contribution in [0.4, 0.5) is 0 Å². The first-order valence-electron chi connectivity index (χ1n) is 10.1. The van der Waals surface area contributed by atoms with Crippen LogP contribution >= 0.6 is 0 Å². The van der Waals surface area contributed by atoms with E-state index in [1.807, 2.05) is 12.1 Å². The Kier molecular flexibility index (Phi) is 2.91. The van der Waals surface area contributed by atoms with Crippen LogP contribution in [0, 0.1) is 6.92 Å². The normalized spacial score (nSPS) is 12.2. The van der Waals surface area contributed by atoms with Crippen molar-refractivity contribution in [1.82, 2.24) is 14.5 Å². The Hall–Kier alpha value is -4.05. The van der Waals surface area contributed by atoms with Gasteiger partial charge in [-0.05, 0) is 30.7 Å². The SMILES string of the molecule is Cc1cccc2nc(-n3c4ccccc4c4ccc5c6ccccc6[nH]c5c43)oc12. The molecular formula is C26H17N3O. The molecule has 0 spiro atoms. The van der Waals surface area contributed by atoms with E-state index in [0.29, 0.717) is 6.01 Å². The molecule has 0 saturated heterocycles. The molecule has 0 aliphatic rings. The third kappa shape index (κ3) is 1.93. The van der Waals surface area contributed by atoms with Crippen molar-refractivity contribution in [2.75, 3.05) is 0 Å². The molecule has 4 heteroatoms. The lowest BCUT2D eigenvalue weighted by molar-refractivity contribution is 0.572. The summed E-state index contributed by atoms with van der Waals surface area (Å²) >= 11 is 0. The third-order valence-corrected chi connectivity index (χ3v) is 6.11. The molecule has 1 N–H and O–H groups in total. The fourth-order valence-electron chi connectivity index (χ4n) is 4.74. The molecule has 4 aromatic carbocycles. The van der Waals surface area contributed by atoms with Crippen molar-refractivity contribution in [2.45, 2.75) is 6.92 Å². The van der Waals surface area contributed by atoms with Gasteiger partial charge in [0.2, 0.25) is 0 Å². The minimum absolute atomic E-state index is 0.594. The minimum Gasteiger partial charge on any atom is -0.423 e. The van der Waals surface area contributed by atoms with E-state index in [9.17, 15) is 0 Å². The number of rotatable bonds is 1. The number of aromatic amines is 1. The van der Waals surface area contributed by atoms with Gasteiger partial charge in [0.15, 0.2) is 5.58 Å². The Bertz CT molecular complexity index is 1760. The molecule has 0 bridgehead atoms. The summed E-state index contributed by atoms with van der Waals surface area (Å²) in [7, 11) is 0. The molecule has 0 aliphatic heterocycles. The molecule has 0 aliphatic carbocycles. The number of hydrogen-bond donors (Lipinski definition) is 1. The second kappa shape index (κ2) is 5.51. The highest BCUT2D eigenvalue weighted by Crippen LogP contribution is 2.38. The Morgan fingerprint density at radius 2 is 1.57 bits per heavy atom. The molecule has 3 heterocycles. The maximum absolute atomic E-state index is 6.32. The van der Waals surface area contributed by atoms with E-state index in [4.69, 9.17) is 9.40 Å². The monoisotopic (exact) mass is 387 g/mol. The summed E-state index contributed by atoms with van der Waals surface area (Å²) in [6.45, 7) is 2.05. The number of aromatic nitrogens is 3. The van der Waals surface area contributed by atoms with Gasteiger partial charge in [0.1, 0.15) is 5.52 Å². The molecule has 30 heavy (non-hydrogen) atoms. The summed E-state index contributed by atoms with van der Waals surface area (Å²) < 4.78 is 8.47. The van der Waals surface area contributed by atoms with Crippen LogP contribution in [0.15, 0.2) is 83.3 Å². The molecule has 7 rings (SSSR count). The van der Waals surface area contributed by atoms with E-state index < -0.39 is 0 Å². The van der Waals surface area contributed by atoms with Gasteiger partial charge in [-0.25, -0.2) is 0 Å². The van der Waals surface area contributed by atoms with Gasteiger partial charge in [-0.2, -0.15) is 4.98 Å². The maximum atomic E-state index is 6.32. The van der Waals surface area contributed by atoms with Gasteiger partial charge < -0.3 is 9.40 Å². The van der Waals surface area contributed by atoms with Crippen LogP contribution in [-0.2, 0) is 0 Å². The van der Waals surface area contributed by atoms with Crippen LogP contribution in [0.25, 0.3) is 60.7 Å². The smallest absolute Gasteiger partial charge is 0.307 e. The fraction of sp³-hybridized carbons (Fsp3) is 0.0385. The number of fused-ring (bicyclic) bond motifs is 8. The van der Waals surface area contributed by atoms with Gasteiger partial charge >= 0.3 is 6.01 Å². The number of nitrogens with zero attached hydrogens (tertiary/aromatic N) is 2. The van der Waals surface area contributed by atoms with Gasteiger partial charge in [-0.3, -0.25) is 4.57 Å². The zero-order valence-corrected chi connectivity index (χ0v) is 16.3. The van der Waals surface area contributed by atoms with Crippen LogP contribution < -0.4 is 0 Å². The molecule has 0 fully saturated rings. The first-order valence-corrected chi connectivity index (χ1v) is 10.1. The molecule has 0 unspecified atom stereocenters. The Morgan fingerprint density at radius 3 is 2.47 bits per heavy atom. The molecule has 3 aromatic heterocycles. The van der Waals surface area contributed by atoms with Crippen molar-refractivity contribution in [2.24, 2.45) is 0 Å². The first-order chi connectivity index (χ1) is 14.8. The Morgan fingerprint density at radius 1 is 0.767 bits per heavy atom.